The van der Waals surface area contributed by atoms with E-state index in [-0.39, 0.29) is 5.41 Å². The predicted octanol–water partition coefficient (Wildman–Crippen LogP) is 2.36. The molecule has 2 rings (SSSR count). The van der Waals surface area contributed by atoms with E-state index in [1.165, 1.54) is 12.1 Å². The largest absolute Gasteiger partial charge is 0.329 e. The molecule has 1 saturated carbocycles. The maximum atomic E-state index is 5.92. The van der Waals surface area contributed by atoms with Crippen molar-refractivity contribution >= 4 is 0 Å². The van der Waals surface area contributed by atoms with Gasteiger partial charge in [0.25, 0.3) is 0 Å². The zero-order valence-corrected chi connectivity index (χ0v) is 11.2. The van der Waals surface area contributed by atoms with E-state index in [2.05, 4.69) is 31.8 Å². The summed E-state index contributed by atoms with van der Waals surface area (Å²) in [5.74, 6) is 1.62. The van der Waals surface area contributed by atoms with Gasteiger partial charge in [-0.3, -0.25) is 0 Å². The fourth-order valence-electron chi connectivity index (χ4n) is 2.52. The van der Waals surface area contributed by atoms with E-state index in [1.54, 1.807) is 0 Å². The van der Waals surface area contributed by atoms with Crippen molar-refractivity contribution in [3.63, 3.8) is 0 Å². The van der Waals surface area contributed by atoms with Gasteiger partial charge in [0.1, 0.15) is 5.82 Å². The minimum absolute atomic E-state index is 0.0811. The smallest absolute Gasteiger partial charge is 0.136 e. The maximum absolute atomic E-state index is 5.92. The first-order valence-electron chi connectivity index (χ1n) is 6.61. The standard InChI is InChI=1S/C14H23N3/c1-10(2)7-12-8-11(3)16-13(17-12)14(9-15)5-4-6-14/h8,10H,4-7,9,15H2,1-3H3. The van der Waals surface area contributed by atoms with Crippen molar-refractivity contribution in [1.29, 1.82) is 0 Å². The van der Waals surface area contributed by atoms with Gasteiger partial charge in [0.15, 0.2) is 0 Å². The highest BCUT2D eigenvalue weighted by molar-refractivity contribution is 5.19. The molecule has 1 aromatic rings. The highest BCUT2D eigenvalue weighted by Crippen LogP contribution is 2.41. The van der Waals surface area contributed by atoms with Crippen LogP contribution in [0.2, 0.25) is 0 Å². The molecule has 1 aliphatic carbocycles. The summed E-state index contributed by atoms with van der Waals surface area (Å²) in [7, 11) is 0. The van der Waals surface area contributed by atoms with Gasteiger partial charge in [-0.05, 0) is 38.2 Å². The first-order chi connectivity index (χ1) is 8.05. The monoisotopic (exact) mass is 233 g/mol. The zero-order valence-electron chi connectivity index (χ0n) is 11.2. The molecule has 0 amide bonds. The Balaban J connectivity index is 2.31. The first-order valence-corrected chi connectivity index (χ1v) is 6.61. The summed E-state index contributed by atoms with van der Waals surface area (Å²) < 4.78 is 0. The molecule has 94 valence electrons. The highest BCUT2D eigenvalue weighted by atomic mass is 14.9. The van der Waals surface area contributed by atoms with Gasteiger partial charge >= 0.3 is 0 Å². The van der Waals surface area contributed by atoms with Crippen molar-refractivity contribution in [2.75, 3.05) is 6.54 Å². The van der Waals surface area contributed by atoms with Gasteiger partial charge < -0.3 is 5.73 Å². The van der Waals surface area contributed by atoms with E-state index in [1.807, 2.05) is 0 Å². The van der Waals surface area contributed by atoms with Crippen LogP contribution in [0.4, 0.5) is 0 Å². The normalized spacial score (nSPS) is 18.2. The first kappa shape index (κ1) is 12.5. The molecule has 17 heavy (non-hydrogen) atoms. The van der Waals surface area contributed by atoms with Gasteiger partial charge in [-0.2, -0.15) is 0 Å². The maximum Gasteiger partial charge on any atom is 0.136 e. The SMILES string of the molecule is Cc1cc(CC(C)C)nc(C2(CN)CCC2)n1. The molecular weight excluding hydrogens is 210 g/mol. The number of hydrogen-bond acceptors (Lipinski definition) is 3. The van der Waals surface area contributed by atoms with E-state index < -0.39 is 0 Å². The summed E-state index contributed by atoms with van der Waals surface area (Å²) in [6, 6.07) is 2.10. The van der Waals surface area contributed by atoms with Crippen molar-refractivity contribution in [3.05, 3.63) is 23.3 Å². The number of hydrogen-bond donors (Lipinski definition) is 1. The van der Waals surface area contributed by atoms with E-state index in [4.69, 9.17) is 10.7 Å². The summed E-state index contributed by atoms with van der Waals surface area (Å²) in [6.07, 6.45) is 4.58. The van der Waals surface area contributed by atoms with Crippen molar-refractivity contribution in [3.8, 4) is 0 Å². The Morgan fingerprint density at radius 1 is 1.35 bits per heavy atom. The average molecular weight is 233 g/mol. The molecule has 1 aliphatic rings. The van der Waals surface area contributed by atoms with Gasteiger partial charge in [0.2, 0.25) is 0 Å². The number of aryl methyl sites for hydroxylation is 1. The molecule has 0 radical (unpaired) electrons. The third kappa shape index (κ3) is 2.49. The number of rotatable bonds is 4. The number of nitrogens with two attached hydrogens (primary N) is 1. The minimum atomic E-state index is 0.0811. The Morgan fingerprint density at radius 3 is 2.53 bits per heavy atom. The third-order valence-electron chi connectivity index (χ3n) is 3.70. The fraction of sp³-hybridized carbons (Fsp3) is 0.714. The van der Waals surface area contributed by atoms with E-state index in [0.29, 0.717) is 12.5 Å². The lowest BCUT2D eigenvalue weighted by atomic mass is 9.68. The molecule has 0 saturated heterocycles. The molecule has 0 aromatic carbocycles. The van der Waals surface area contributed by atoms with Gasteiger partial charge in [-0.1, -0.05) is 20.3 Å². The Morgan fingerprint density at radius 2 is 2.06 bits per heavy atom. The van der Waals surface area contributed by atoms with Crippen molar-refractivity contribution in [2.24, 2.45) is 11.7 Å². The number of aromatic nitrogens is 2. The molecule has 1 fully saturated rings. The van der Waals surface area contributed by atoms with Crippen LogP contribution in [0.3, 0.4) is 0 Å². The zero-order chi connectivity index (χ0) is 12.5. The van der Waals surface area contributed by atoms with Gasteiger partial charge in [0.05, 0.1) is 0 Å². The molecule has 0 spiro atoms. The van der Waals surface area contributed by atoms with Crippen LogP contribution in [0.25, 0.3) is 0 Å². The molecule has 3 heteroatoms. The van der Waals surface area contributed by atoms with Gasteiger partial charge in [-0.25, -0.2) is 9.97 Å². The van der Waals surface area contributed by atoms with Crippen LogP contribution >= 0.6 is 0 Å². The minimum Gasteiger partial charge on any atom is -0.329 e. The van der Waals surface area contributed by atoms with Crippen LogP contribution in [0.15, 0.2) is 6.07 Å². The highest BCUT2D eigenvalue weighted by Gasteiger charge is 2.40. The molecule has 0 atom stereocenters. The topological polar surface area (TPSA) is 51.8 Å². The summed E-state index contributed by atoms with van der Waals surface area (Å²) in [6.45, 7) is 7.17. The Hall–Kier alpha value is -0.960. The van der Waals surface area contributed by atoms with Crippen LogP contribution in [0, 0.1) is 12.8 Å². The molecule has 2 N–H and O–H groups in total. The molecular formula is C14H23N3. The van der Waals surface area contributed by atoms with Crippen molar-refractivity contribution in [1.82, 2.24) is 9.97 Å². The van der Waals surface area contributed by atoms with Crippen LogP contribution in [0.5, 0.6) is 0 Å². The Kier molecular flexibility index (Phi) is 3.48. The second-order valence-corrected chi connectivity index (χ2v) is 5.76. The van der Waals surface area contributed by atoms with Crippen molar-refractivity contribution < 1.29 is 0 Å². The van der Waals surface area contributed by atoms with E-state index in [0.717, 1.165) is 30.8 Å². The average Bonchev–Trinajstić information content (AvgIpc) is 2.14. The molecule has 0 bridgehead atoms. The van der Waals surface area contributed by atoms with Crippen LogP contribution in [-0.4, -0.2) is 16.5 Å². The lowest BCUT2D eigenvalue weighted by molar-refractivity contribution is 0.237. The van der Waals surface area contributed by atoms with Gasteiger partial charge in [0, 0.05) is 23.3 Å². The molecule has 1 aromatic heterocycles. The lowest BCUT2D eigenvalue weighted by Crippen LogP contribution is -2.43. The van der Waals surface area contributed by atoms with Crippen molar-refractivity contribution in [2.45, 2.75) is 51.9 Å². The second kappa shape index (κ2) is 4.73. The molecule has 0 aliphatic heterocycles. The van der Waals surface area contributed by atoms with Gasteiger partial charge in [-0.15, -0.1) is 0 Å². The molecule has 3 nitrogen and oxygen atoms in total. The molecule has 1 heterocycles. The summed E-state index contributed by atoms with van der Waals surface area (Å²) in [4.78, 5) is 9.36. The number of nitrogens with zero attached hydrogens (tertiary/aromatic N) is 2. The third-order valence-corrected chi connectivity index (χ3v) is 3.70. The predicted molar refractivity (Wildman–Crippen MR) is 69.9 cm³/mol. The van der Waals surface area contributed by atoms with Crippen LogP contribution in [-0.2, 0) is 11.8 Å². The Bertz CT molecular complexity index is 389. The van der Waals surface area contributed by atoms with Crippen LogP contribution < -0.4 is 5.73 Å². The summed E-state index contributed by atoms with van der Waals surface area (Å²) >= 11 is 0. The van der Waals surface area contributed by atoms with E-state index in [9.17, 15) is 0 Å². The van der Waals surface area contributed by atoms with Crippen LogP contribution in [0.1, 0.15) is 50.3 Å². The lowest BCUT2D eigenvalue weighted by Gasteiger charge is -2.39. The van der Waals surface area contributed by atoms with E-state index >= 15 is 0 Å². The molecule has 0 unspecified atom stereocenters. The fourth-order valence-corrected chi connectivity index (χ4v) is 2.52. The summed E-state index contributed by atoms with van der Waals surface area (Å²) in [5.41, 5.74) is 8.25. The quantitative estimate of drug-likeness (QED) is 0.868. The second-order valence-electron chi connectivity index (χ2n) is 5.76. The summed E-state index contributed by atoms with van der Waals surface area (Å²) in [5, 5.41) is 0. The Labute approximate surface area is 104 Å².